The first kappa shape index (κ1) is 13.1. The standard InChI is InChI=1S/C13H13Cl2N3/c1-8-7-16-13(15)18-12(8)17-9(2)10-3-5-11(14)6-4-10/h3-7,9H,1-2H3,(H,16,17,18). The van der Waals surface area contributed by atoms with Crippen molar-refractivity contribution in [1.82, 2.24) is 9.97 Å². The van der Waals surface area contributed by atoms with Gasteiger partial charge in [0.2, 0.25) is 5.28 Å². The largest absolute Gasteiger partial charge is 0.363 e. The third-order valence-corrected chi connectivity index (χ3v) is 3.10. The average molecular weight is 282 g/mol. The minimum absolute atomic E-state index is 0.118. The van der Waals surface area contributed by atoms with Crippen LogP contribution in [0.25, 0.3) is 0 Å². The van der Waals surface area contributed by atoms with Crippen molar-refractivity contribution in [3.05, 3.63) is 51.9 Å². The summed E-state index contributed by atoms with van der Waals surface area (Å²) in [7, 11) is 0. The highest BCUT2D eigenvalue weighted by Crippen LogP contribution is 2.22. The molecule has 1 N–H and O–H groups in total. The van der Waals surface area contributed by atoms with Crippen LogP contribution in [0, 0.1) is 6.92 Å². The smallest absolute Gasteiger partial charge is 0.224 e. The van der Waals surface area contributed by atoms with Crippen LogP contribution in [0.3, 0.4) is 0 Å². The summed E-state index contributed by atoms with van der Waals surface area (Å²) in [4.78, 5) is 8.10. The second-order valence-corrected chi connectivity index (χ2v) is 4.86. The Balaban J connectivity index is 2.18. The van der Waals surface area contributed by atoms with Crippen molar-refractivity contribution in [2.45, 2.75) is 19.9 Å². The van der Waals surface area contributed by atoms with Crippen molar-refractivity contribution in [3.8, 4) is 0 Å². The van der Waals surface area contributed by atoms with Gasteiger partial charge in [0, 0.05) is 22.8 Å². The maximum atomic E-state index is 5.86. The van der Waals surface area contributed by atoms with Crippen LogP contribution in [0.15, 0.2) is 30.5 Å². The predicted molar refractivity (Wildman–Crippen MR) is 75.3 cm³/mol. The van der Waals surface area contributed by atoms with Crippen molar-refractivity contribution in [3.63, 3.8) is 0 Å². The van der Waals surface area contributed by atoms with Gasteiger partial charge in [-0.25, -0.2) is 9.97 Å². The van der Waals surface area contributed by atoms with E-state index in [1.165, 1.54) is 0 Å². The van der Waals surface area contributed by atoms with Gasteiger partial charge < -0.3 is 5.32 Å². The molecule has 5 heteroatoms. The SMILES string of the molecule is Cc1cnc(Cl)nc1NC(C)c1ccc(Cl)cc1. The van der Waals surface area contributed by atoms with Crippen LogP contribution < -0.4 is 5.32 Å². The molecular formula is C13H13Cl2N3. The second-order valence-electron chi connectivity index (χ2n) is 4.09. The third-order valence-electron chi connectivity index (χ3n) is 2.67. The zero-order valence-electron chi connectivity index (χ0n) is 10.1. The topological polar surface area (TPSA) is 37.8 Å². The zero-order valence-corrected chi connectivity index (χ0v) is 11.6. The highest BCUT2D eigenvalue weighted by Gasteiger charge is 2.08. The molecule has 2 rings (SSSR count). The fraction of sp³-hybridized carbons (Fsp3) is 0.231. The molecule has 0 saturated carbocycles. The molecule has 0 aliphatic rings. The van der Waals surface area contributed by atoms with E-state index < -0.39 is 0 Å². The van der Waals surface area contributed by atoms with Crippen molar-refractivity contribution in [2.24, 2.45) is 0 Å². The maximum absolute atomic E-state index is 5.86. The Morgan fingerprint density at radius 2 is 1.83 bits per heavy atom. The lowest BCUT2D eigenvalue weighted by molar-refractivity contribution is 0.868. The molecule has 3 nitrogen and oxygen atoms in total. The lowest BCUT2D eigenvalue weighted by Crippen LogP contribution is -2.09. The minimum Gasteiger partial charge on any atom is -0.363 e. The van der Waals surface area contributed by atoms with Gasteiger partial charge in [0.05, 0.1) is 0 Å². The summed E-state index contributed by atoms with van der Waals surface area (Å²) in [5.41, 5.74) is 2.09. The van der Waals surface area contributed by atoms with E-state index in [1.54, 1.807) is 6.20 Å². The predicted octanol–water partition coefficient (Wildman–Crippen LogP) is 4.26. The van der Waals surface area contributed by atoms with Gasteiger partial charge in [0.1, 0.15) is 5.82 Å². The first-order chi connectivity index (χ1) is 8.56. The molecule has 0 aliphatic carbocycles. The molecule has 0 amide bonds. The molecule has 0 bridgehead atoms. The number of rotatable bonds is 3. The summed E-state index contributed by atoms with van der Waals surface area (Å²) in [6, 6.07) is 7.83. The van der Waals surface area contributed by atoms with E-state index in [0.717, 1.165) is 22.0 Å². The van der Waals surface area contributed by atoms with Crippen LogP contribution in [0.5, 0.6) is 0 Å². The lowest BCUT2D eigenvalue weighted by atomic mass is 10.1. The van der Waals surface area contributed by atoms with Crippen LogP contribution in [-0.4, -0.2) is 9.97 Å². The number of anilines is 1. The molecule has 18 heavy (non-hydrogen) atoms. The van der Waals surface area contributed by atoms with Gasteiger partial charge in [-0.15, -0.1) is 0 Å². The third kappa shape index (κ3) is 3.12. The molecule has 1 atom stereocenters. The average Bonchev–Trinajstić information content (AvgIpc) is 2.34. The number of benzene rings is 1. The van der Waals surface area contributed by atoms with Crippen molar-refractivity contribution in [2.75, 3.05) is 5.32 Å². The molecule has 94 valence electrons. The molecule has 1 unspecified atom stereocenters. The van der Waals surface area contributed by atoms with Crippen LogP contribution in [-0.2, 0) is 0 Å². The Morgan fingerprint density at radius 3 is 2.50 bits per heavy atom. The van der Waals surface area contributed by atoms with Gasteiger partial charge in [-0.1, -0.05) is 23.7 Å². The number of nitrogens with zero attached hydrogens (tertiary/aromatic N) is 2. The van der Waals surface area contributed by atoms with Gasteiger partial charge >= 0.3 is 0 Å². The number of nitrogens with one attached hydrogen (secondary N) is 1. The summed E-state index contributed by atoms with van der Waals surface area (Å²) < 4.78 is 0. The molecule has 2 aromatic rings. The highest BCUT2D eigenvalue weighted by atomic mass is 35.5. The second kappa shape index (κ2) is 5.55. The van der Waals surface area contributed by atoms with E-state index in [9.17, 15) is 0 Å². The fourth-order valence-electron chi connectivity index (χ4n) is 1.61. The molecule has 1 heterocycles. The summed E-state index contributed by atoms with van der Waals surface area (Å²) in [5.74, 6) is 0.748. The lowest BCUT2D eigenvalue weighted by Gasteiger charge is -2.16. The Hall–Kier alpha value is -1.32. The van der Waals surface area contributed by atoms with Crippen molar-refractivity contribution < 1.29 is 0 Å². The zero-order chi connectivity index (χ0) is 13.1. The molecule has 0 fully saturated rings. The van der Waals surface area contributed by atoms with Gasteiger partial charge in [0.15, 0.2) is 0 Å². The molecule has 0 radical (unpaired) electrons. The Bertz CT molecular complexity index is 540. The van der Waals surface area contributed by atoms with E-state index in [2.05, 4.69) is 22.2 Å². The van der Waals surface area contributed by atoms with Gasteiger partial charge in [-0.2, -0.15) is 0 Å². The van der Waals surface area contributed by atoms with E-state index in [1.807, 2.05) is 31.2 Å². The van der Waals surface area contributed by atoms with Gasteiger partial charge in [0.25, 0.3) is 0 Å². The number of aromatic nitrogens is 2. The van der Waals surface area contributed by atoms with E-state index in [4.69, 9.17) is 23.2 Å². The van der Waals surface area contributed by atoms with Crippen molar-refractivity contribution >= 4 is 29.0 Å². The van der Waals surface area contributed by atoms with Crippen LogP contribution in [0.4, 0.5) is 5.82 Å². The molecule has 0 saturated heterocycles. The summed E-state index contributed by atoms with van der Waals surface area (Å²) in [6.07, 6.45) is 1.70. The number of halogens is 2. The normalized spacial score (nSPS) is 12.2. The molecule has 1 aromatic carbocycles. The Morgan fingerprint density at radius 1 is 1.17 bits per heavy atom. The van der Waals surface area contributed by atoms with E-state index in [0.29, 0.717) is 0 Å². The van der Waals surface area contributed by atoms with E-state index in [-0.39, 0.29) is 11.3 Å². The first-order valence-electron chi connectivity index (χ1n) is 5.57. The minimum atomic E-state index is 0.118. The quantitative estimate of drug-likeness (QED) is 0.854. The molecule has 0 spiro atoms. The highest BCUT2D eigenvalue weighted by molar-refractivity contribution is 6.30. The van der Waals surface area contributed by atoms with Crippen LogP contribution in [0.1, 0.15) is 24.1 Å². The van der Waals surface area contributed by atoms with Crippen molar-refractivity contribution in [1.29, 1.82) is 0 Å². The monoisotopic (exact) mass is 281 g/mol. The van der Waals surface area contributed by atoms with Gasteiger partial charge in [-0.3, -0.25) is 0 Å². The summed E-state index contributed by atoms with van der Waals surface area (Å²) in [6.45, 7) is 3.99. The van der Waals surface area contributed by atoms with Crippen LogP contribution in [0.2, 0.25) is 10.3 Å². The van der Waals surface area contributed by atoms with E-state index >= 15 is 0 Å². The Labute approximate surface area is 116 Å². The summed E-state index contributed by atoms with van der Waals surface area (Å²) in [5, 5.41) is 4.28. The first-order valence-corrected chi connectivity index (χ1v) is 6.33. The number of hydrogen-bond acceptors (Lipinski definition) is 3. The van der Waals surface area contributed by atoms with Gasteiger partial charge in [-0.05, 0) is 43.1 Å². The summed E-state index contributed by atoms with van der Waals surface area (Å²) >= 11 is 11.7. The number of hydrogen-bond donors (Lipinski definition) is 1. The molecule has 1 aromatic heterocycles. The molecule has 0 aliphatic heterocycles. The maximum Gasteiger partial charge on any atom is 0.224 e. The Kier molecular flexibility index (Phi) is 4.04. The fourth-order valence-corrected chi connectivity index (χ4v) is 1.87. The number of aryl methyl sites for hydroxylation is 1. The van der Waals surface area contributed by atoms with Crippen LogP contribution >= 0.6 is 23.2 Å². The molecular weight excluding hydrogens is 269 g/mol.